The van der Waals surface area contributed by atoms with E-state index in [-0.39, 0.29) is 36.6 Å². The zero-order valence-electron chi connectivity index (χ0n) is 14.4. The molecule has 3 aliphatic rings. The molecule has 2 aliphatic heterocycles. The molecule has 4 rings (SSSR count). The Labute approximate surface area is 147 Å². The fraction of sp³-hybridized carbons (Fsp3) is 0.579. The van der Waals surface area contributed by atoms with Gasteiger partial charge in [-0.15, -0.1) is 0 Å². The van der Waals surface area contributed by atoms with E-state index in [4.69, 9.17) is 4.74 Å². The molecule has 0 spiro atoms. The van der Waals surface area contributed by atoms with Crippen LogP contribution in [0.5, 0.6) is 5.75 Å². The van der Waals surface area contributed by atoms with Crippen LogP contribution in [-0.4, -0.2) is 42.1 Å². The Kier molecular flexibility index (Phi) is 4.51. The molecule has 0 bridgehead atoms. The van der Waals surface area contributed by atoms with Crippen LogP contribution in [0.2, 0.25) is 0 Å². The number of hydrogen-bond donors (Lipinski definition) is 2. The summed E-state index contributed by atoms with van der Waals surface area (Å²) in [4.78, 5) is 26.8. The highest BCUT2D eigenvalue weighted by molar-refractivity contribution is 5.86. The molecular formula is C19H25N3O3. The molecule has 0 radical (unpaired) electrons. The monoisotopic (exact) mass is 343 g/mol. The second kappa shape index (κ2) is 6.94. The highest BCUT2D eigenvalue weighted by atomic mass is 16.5. The van der Waals surface area contributed by atoms with Gasteiger partial charge >= 0.3 is 6.03 Å². The number of carbonyl (C=O) groups excluding carboxylic acids is 2. The topological polar surface area (TPSA) is 70.7 Å². The molecule has 2 fully saturated rings. The zero-order chi connectivity index (χ0) is 17.2. The minimum Gasteiger partial charge on any atom is -0.493 e. The molecule has 134 valence electrons. The van der Waals surface area contributed by atoms with Crippen LogP contribution >= 0.6 is 0 Å². The van der Waals surface area contributed by atoms with Crippen molar-refractivity contribution >= 4 is 11.9 Å². The first-order chi connectivity index (χ1) is 12.2. The Morgan fingerprint density at radius 3 is 2.92 bits per heavy atom. The third-order valence-electron chi connectivity index (χ3n) is 5.54. The Hall–Kier alpha value is -2.24. The summed E-state index contributed by atoms with van der Waals surface area (Å²) in [5.74, 6) is 0.792. The van der Waals surface area contributed by atoms with E-state index in [2.05, 4.69) is 10.6 Å². The summed E-state index contributed by atoms with van der Waals surface area (Å²) in [6.45, 7) is 0.818. The average molecular weight is 343 g/mol. The molecule has 2 heterocycles. The number of hydrogen-bond acceptors (Lipinski definition) is 3. The predicted octanol–water partition coefficient (Wildman–Crippen LogP) is 2.35. The number of piperazine rings is 1. The number of nitrogens with zero attached hydrogens (tertiary/aromatic N) is 1. The van der Waals surface area contributed by atoms with E-state index >= 15 is 0 Å². The predicted molar refractivity (Wildman–Crippen MR) is 93.3 cm³/mol. The maximum absolute atomic E-state index is 13.0. The zero-order valence-corrected chi connectivity index (χ0v) is 14.4. The molecule has 0 unspecified atom stereocenters. The lowest BCUT2D eigenvalue weighted by molar-refractivity contribution is -0.126. The van der Waals surface area contributed by atoms with E-state index in [1.807, 2.05) is 24.3 Å². The minimum atomic E-state index is -0.131. The van der Waals surface area contributed by atoms with Gasteiger partial charge < -0.3 is 20.3 Å². The van der Waals surface area contributed by atoms with Crippen LogP contribution in [0.15, 0.2) is 24.3 Å². The number of para-hydroxylation sites is 1. The lowest BCUT2D eigenvalue weighted by Gasteiger charge is -2.44. The second-order valence-electron chi connectivity index (χ2n) is 7.18. The molecule has 25 heavy (non-hydrogen) atoms. The summed E-state index contributed by atoms with van der Waals surface area (Å²) in [7, 11) is 0. The minimum absolute atomic E-state index is 0.0529. The molecule has 0 aromatic heterocycles. The molecular weight excluding hydrogens is 318 g/mol. The second-order valence-corrected chi connectivity index (χ2v) is 7.18. The molecule has 3 amide bonds. The van der Waals surface area contributed by atoms with Gasteiger partial charge in [0.25, 0.3) is 0 Å². The molecule has 1 saturated carbocycles. The van der Waals surface area contributed by atoms with Gasteiger partial charge in [-0.25, -0.2) is 4.79 Å². The van der Waals surface area contributed by atoms with Gasteiger partial charge in [0.05, 0.1) is 18.7 Å². The van der Waals surface area contributed by atoms with E-state index < -0.39 is 0 Å². The number of nitrogens with one attached hydrogen (secondary N) is 2. The van der Waals surface area contributed by atoms with Crippen molar-refractivity contribution < 1.29 is 14.3 Å². The largest absolute Gasteiger partial charge is 0.493 e. The Balaban J connectivity index is 1.52. The van der Waals surface area contributed by atoms with Crippen molar-refractivity contribution in [2.75, 3.05) is 13.2 Å². The first kappa shape index (κ1) is 16.2. The molecule has 3 atom stereocenters. The first-order valence-electron chi connectivity index (χ1n) is 9.30. The fourth-order valence-electron chi connectivity index (χ4n) is 4.31. The van der Waals surface area contributed by atoms with Gasteiger partial charge in [-0.3, -0.25) is 4.79 Å². The van der Waals surface area contributed by atoms with E-state index in [9.17, 15) is 9.59 Å². The van der Waals surface area contributed by atoms with Crippen LogP contribution in [0, 0.1) is 0 Å². The van der Waals surface area contributed by atoms with Gasteiger partial charge in [0.15, 0.2) is 0 Å². The normalized spacial score (nSPS) is 28.7. The lowest BCUT2D eigenvalue weighted by Crippen LogP contribution is -2.64. The van der Waals surface area contributed by atoms with E-state index in [1.165, 1.54) is 0 Å². The highest BCUT2D eigenvalue weighted by Gasteiger charge is 2.39. The van der Waals surface area contributed by atoms with Crippen LogP contribution in [-0.2, 0) is 4.79 Å². The summed E-state index contributed by atoms with van der Waals surface area (Å²) >= 11 is 0. The number of amides is 3. The van der Waals surface area contributed by atoms with Crippen molar-refractivity contribution in [2.45, 2.75) is 56.7 Å². The number of urea groups is 1. The number of benzene rings is 1. The van der Waals surface area contributed by atoms with Crippen molar-refractivity contribution in [1.29, 1.82) is 0 Å². The molecule has 2 N–H and O–H groups in total. The number of ether oxygens (including phenoxy) is 1. The number of fused-ring (bicyclic) bond motifs is 2. The highest BCUT2D eigenvalue weighted by Crippen LogP contribution is 2.32. The van der Waals surface area contributed by atoms with Gasteiger partial charge in [-0.1, -0.05) is 31.0 Å². The Bertz CT molecular complexity index is 663. The maximum Gasteiger partial charge on any atom is 0.318 e. The quantitative estimate of drug-likeness (QED) is 0.822. The van der Waals surface area contributed by atoms with Crippen molar-refractivity contribution in [3.63, 3.8) is 0 Å². The standard InChI is InChI=1S/C19H25N3O3/c23-18-12-22(16-9-3-2-7-15(16)20-18)19(24)21-14-8-5-11-25-17-10-4-1-6-13(14)17/h1,4,6,10,14-16H,2-3,5,7-9,11-12H2,(H,20,23)(H,21,24)/t14-,15+,16-/m1/s1. The molecule has 6 nitrogen and oxygen atoms in total. The first-order valence-corrected chi connectivity index (χ1v) is 9.30. The van der Waals surface area contributed by atoms with Gasteiger partial charge in [0.1, 0.15) is 12.3 Å². The maximum atomic E-state index is 13.0. The summed E-state index contributed by atoms with van der Waals surface area (Å²) in [6, 6.07) is 7.90. The van der Waals surface area contributed by atoms with E-state index in [0.717, 1.165) is 49.8 Å². The summed E-state index contributed by atoms with van der Waals surface area (Å²) in [5.41, 5.74) is 1.02. The Morgan fingerprint density at radius 1 is 1.16 bits per heavy atom. The van der Waals surface area contributed by atoms with Crippen molar-refractivity contribution in [1.82, 2.24) is 15.5 Å². The van der Waals surface area contributed by atoms with Gasteiger partial charge in [0.2, 0.25) is 5.91 Å². The molecule has 1 saturated heterocycles. The van der Waals surface area contributed by atoms with Gasteiger partial charge in [-0.05, 0) is 31.7 Å². The molecule has 6 heteroatoms. The van der Waals surface area contributed by atoms with Crippen LogP contribution in [0.1, 0.15) is 50.1 Å². The molecule has 1 aromatic carbocycles. The number of rotatable bonds is 1. The van der Waals surface area contributed by atoms with E-state index in [1.54, 1.807) is 4.90 Å². The van der Waals surface area contributed by atoms with Crippen LogP contribution in [0.4, 0.5) is 4.79 Å². The van der Waals surface area contributed by atoms with Crippen molar-refractivity contribution in [3.05, 3.63) is 29.8 Å². The fourth-order valence-corrected chi connectivity index (χ4v) is 4.31. The van der Waals surface area contributed by atoms with Crippen LogP contribution < -0.4 is 15.4 Å². The van der Waals surface area contributed by atoms with Crippen molar-refractivity contribution in [3.8, 4) is 5.75 Å². The van der Waals surface area contributed by atoms with Crippen LogP contribution in [0.25, 0.3) is 0 Å². The lowest BCUT2D eigenvalue weighted by atomic mass is 9.87. The average Bonchev–Trinajstić information content (AvgIpc) is 2.83. The molecule has 1 aromatic rings. The van der Waals surface area contributed by atoms with Gasteiger partial charge in [-0.2, -0.15) is 0 Å². The van der Waals surface area contributed by atoms with Gasteiger partial charge in [0, 0.05) is 11.6 Å². The SMILES string of the molecule is O=C1CN(C(=O)N[C@@H]2CCCOc3ccccc32)[C@@H]2CCCC[C@@H]2N1. The summed E-state index contributed by atoms with van der Waals surface area (Å²) in [6.07, 6.45) is 5.89. The number of carbonyl (C=O) groups is 2. The summed E-state index contributed by atoms with van der Waals surface area (Å²) < 4.78 is 5.78. The molecule has 1 aliphatic carbocycles. The summed E-state index contributed by atoms with van der Waals surface area (Å²) in [5, 5.41) is 6.22. The van der Waals surface area contributed by atoms with Crippen LogP contribution in [0.3, 0.4) is 0 Å². The Morgan fingerprint density at radius 2 is 2.00 bits per heavy atom. The van der Waals surface area contributed by atoms with E-state index in [0.29, 0.717) is 6.61 Å². The smallest absolute Gasteiger partial charge is 0.318 e. The van der Waals surface area contributed by atoms with Crippen molar-refractivity contribution in [2.24, 2.45) is 0 Å². The third-order valence-corrected chi connectivity index (χ3v) is 5.54. The third kappa shape index (κ3) is 3.30.